The van der Waals surface area contributed by atoms with Crippen LogP contribution in [0.2, 0.25) is 0 Å². The quantitative estimate of drug-likeness (QED) is 0.275. The first-order valence-corrected chi connectivity index (χ1v) is 10.00. The fourth-order valence-electron chi connectivity index (χ4n) is 2.46. The molecular weight excluding hydrogens is 344 g/mol. The van der Waals surface area contributed by atoms with Crippen LogP contribution in [-0.2, 0) is 9.59 Å². The van der Waals surface area contributed by atoms with Gasteiger partial charge in [-0.2, -0.15) is 0 Å². The monoisotopic (exact) mass is 378 g/mol. The fraction of sp³-hybridized carbons (Fsp3) is 0.636. The smallest absolute Gasteiger partial charge is 0.311 e. The van der Waals surface area contributed by atoms with Crippen molar-refractivity contribution in [3.05, 3.63) is 18.2 Å². The Morgan fingerprint density at radius 3 is 1.85 bits per heavy atom. The molecule has 1 aromatic carbocycles. The SMILES string of the molecule is CCCCCC(=O)Oc1cccc(OC(C)(C)C)c1OC(=O)CCCCC. The van der Waals surface area contributed by atoms with Gasteiger partial charge in [-0.3, -0.25) is 9.59 Å². The average molecular weight is 379 g/mol. The highest BCUT2D eigenvalue weighted by atomic mass is 16.6. The molecule has 0 atom stereocenters. The van der Waals surface area contributed by atoms with E-state index in [-0.39, 0.29) is 23.4 Å². The van der Waals surface area contributed by atoms with Crippen molar-refractivity contribution in [3.63, 3.8) is 0 Å². The van der Waals surface area contributed by atoms with E-state index < -0.39 is 5.60 Å². The fourth-order valence-corrected chi connectivity index (χ4v) is 2.46. The number of hydrogen-bond donors (Lipinski definition) is 0. The molecule has 0 aliphatic carbocycles. The van der Waals surface area contributed by atoms with Gasteiger partial charge >= 0.3 is 11.9 Å². The number of para-hydroxylation sites is 1. The number of esters is 2. The molecule has 0 spiro atoms. The Morgan fingerprint density at radius 2 is 1.33 bits per heavy atom. The largest absolute Gasteiger partial charge is 0.484 e. The first-order chi connectivity index (χ1) is 12.8. The number of hydrogen-bond acceptors (Lipinski definition) is 5. The van der Waals surface area contributed by atoms with Crippen molar-refractivity contribution in [3.8, 4) is 17.2 Å². The van der Waals surface area contributed by atoms with Gasteiger partial charge in [0.1, 0.15) is 5.60 Å². The number of ether oxygens (including phenoxy) is 3. The van der Waals surface area contributed by atoms with Gasteiger partial charge in [-0.25, -0.2) is 0 Å². The van der Waals surface area contributed by atoms with Gasteiger partial charge in [-0.05, 0) is 45.7 Å². The van der Waals surface area contributed by atoms with Crippen molar-refractivity contribution in [2.45, 2.75) is 91.6 Å². The summed E-state index contributed by atoms with van der Waals surface area (Å²) in [4.78, 5) is 24.4. The van der Waals surface area contributed by atoms with E-state index >= 15 is 0 Å². The van der Waals surface area contributed by atoms with Crippen LogP contribution < -0.4 is 14.2 Å². The van der Waals surface area contributed by atoms with Crippen LogP contribution in [0.5, 0.6) is 17.2 Å². The molecule has 0 saturated carbocycles. The molecule has 27 heavy (non-hydrogen) atoms. The van der Waals surface area contributed by atoms with E-state index in [0.29, 0.717) is 18.6 Å². The normalized spacial score (nSPS) is 11.1. The molecule has 152 valence electrons. The Hall–Kier alpha value is -2.04. The zero-order valence-electron chi connectivity index (χ0n) is 17.4. The second-order valence-electron chi connectivity index (χ2n) is 7.66. The highest BCUT2D eigenvalue weighted by molar-refractivity contribution is 5.77. The Labute approximate surface area is 163 Å². The second kappa shape index (κ2) is 11.6. The Morgan fingerprint density at radius 1 is 0.815 bits per heavy atom. The van der Waals surface area contributed by atoms with Crippen molar-refractivity contribution in [2.24, 2.45) is 0 Å². The van der Waals surface area contributed by atoms with Gasteiger partial charge in [-0.1, -0.05) is 45.6 Å². The van der Waals surface area contributed by atoms with Gasteiger partial charge in [0.05, 0.1) is 0 Å². The van der Waals surface area contributed by atoms with E-state index in [9.17, 15) is 9.59 Å². The molecule has 5 heteroatoms. The molecule has 0 saturated heterocycles. The zero-order valence-corrected chi connectivity index (χ0v) is 17.4. The minimum Gasteiger partial charge on any atom is -0.484 e. The van der Waals surface area contributed by atoms with E-state index in [4.69, 9.17) is 14.2 Å². The molecule has 1 rings (SSSR count). The summed E-state index contributed by atoms with van der Waals surface area (Å²) in [5.74, 6) is 0.112. The number of carbonyl (C=O) groups is 2. The Balaban J connectivity index is 2.97. The summed E-state index contributed by atoms with van der Waals surface area (Å²) in [5.41, 5.74) is -0.479. The second-order valence-corrected chi connectivity index (χ2v) is 7.66. The summed E-state index contributed by atoms with van der Waals surface area (Å²) >= 11 is 0. The lowest BCUT2D eigenvalue weighted by atomic mass is 10.2. The maximum atomic E-state index is 12.2. The van der Waals surface area contributed by atoms with E-state index in [1.165, 1.54) is 0 Å². The number of benzene rings is 1. The van der Waals surface area contributed by atoms with Crippen LogP contribution in [-0.4, -0.2) is 17.5 Å². The van der Waals surface area contributed by atoms with Gasteiger partial charge < -0.3 is 14.2 Å². The lowest BCUT2D eigenvalue weighted by Gasteiger charge is -2.23. The average Bonchev–Trinajstić information content (AvgIpc) is 2.57. The van der Waals surface area contributed by atoms with E-state index in [0.717, 1.165) is 38.5 Å². The van der Waals surface area contributed by atoms with Crippen molar-refractivity contribution in [1.29, 1.82) is 0 Å². The van der Waals surface area contributed by atoms with Gasteiger partial charge in [0.15, 0.2) is 11.5 Å². The summed E-state index contributed by atoms with van der Waals surface area (Å²) in [6.45, 7) is 9.87. The van der Waals surface area contributed by atoms with E-state index in [1.807, 2.05) is 20.8 Å². The minimum atomic E-state index is -0.479. The maximum Gasteiger partial charge on any atom is 0.311 e. The summed E-state index contributed by atoms with van der Waals surface area (Å²) in [6.07, 6.45) is 6.20. The van der Waals surface area contributed by atoms with Crippen LogP contribution in [0.25, 0.3) is 0 Å². The van der Waals surface area contributed by atoms with Crippen LogP contribution in [0.4, 0.5) is 0 Å². The van der Waals surface area contributed by atoms with Crippen molar-refractivity contribution >= 4 is 11.9 Å². The van der Waals surface area contributed by atoms with Gasteiger partial charge in [0, 0.05) is 12.8 Å². The Kier molecular flexibility index (Phi) is 9.90. The third-order valence-electron chi connectivity index (χ3n) is 3.77. The standard InChI is InChI=1S/C22H34O5/c1-6-8-10-15-19(23)25-17-13-12-14-18(27-22(3,4)5)21(17)26-20(24)16-11-9-7-2/h12-14H,6-11,15-16H2,1-5H3. The maximum absolute atomic E-state index is 12.2. The molecule has 0 bridgehead atoms. The molecule has 0 unspecified atom stereocenters. The van der Waals surface area contributed by atoms with Crippen LogP contribution in [0.15, 0.2) is 18.2 Å². The number of carbonyl (C=O) groups excluding carboxylic acids is 2. The summed E-state index contributed by atoms with van der Waals surface area (Å²) in [7, 11) is 0. The van der Waals surface area contributed by atoms with Gasteiger partial charge in [0.25, 0.3) is 0 Å². The number of unbranched alkanes of at least 4 members (excludes halogenated alkanes) is 4. The topological polar surface area (TPSA) is 61.8 Å². The number of rotatable bonds is 11. The third kappa shape index (κ3) is 9.45. The lowest BCUT2D eigenvalue weighted by Crippen LogP contribution is -2.24. The molecule has 0 fully saturated rings. The predicted molar refractivity (Wildman–Crippen MR) is 106 cm³/mol. The van der Waals surface area contributed by atoms with Crippen molar-refractivity contribution < 1.29 is 23.8 Å². The highest BCUT2D eigenvalue weighted by Crippen LogP contribution is 2.39. The van der Waals surface area contributed by atoms with E-state index in [1.54, 1.807) is 18.2 Å². The van der Waals surface area contributed by atoms with E-state index in [2.05, 4.69) is 13.8 Å². The minimum absolute atomic E-state index is 0.178. The van der Waals surface area contributed by atoms with Crippen LogP contribution in [0, 0.1) is 0 Å². The Bertz CT molecular complexity index is 601. The molecule has 0 N–H and O–H groups in total. The summed E-state index contributed by atoms with van der Waals surface area (Å²) in [5, 5.41) is 0. The first kappa shape index (κ1) is 23.0. The summed E-state index contributed by atoms with van der Waals surface area (Å²) < 4.78 is 16.9. The zero-order chi connectivity index (χ0) is 20.3. The van der Waals surface area contributed by atoms with Gasteiger partial charge in [-0.15, -0.1) is 0 Å². The highest BCUT2D eigenvalue weighted by Gasteiger charge is 2.22. The van der Waals surface area contributed by atoms with Crippen LogP contribution in [0.3, 0.4) is 0 Å². The molecule has 0 radical (unpaired) electrons. The van der Waals surface area contributed by atoms with Gasteiger partial charge in [0.2, 0.25) is 5.75 Å². The van der Waals surface area contributed by atoms with Crippen LogP contribution in [0.1, 0.15) is 86.0 Å². The molecule has 0 aliphatic rings. The van der Waals surface area contributed by atoms with Crippen molar-refractivity contribution in [1.82, 2.24) is 0 Å². The molecule has 1 aromatic rings. The predicted octanol–water partition coefficient (Wildman–Crippen LogP) is 5.84. The molecule has 0 aromatic heterocycles. The van der Waals surface area contributed by atoms with Crippen molar-refractivity contribution in [2.75, 3.05) is 0 Å². The molecule has 5 nitrogen and oxygen atoms in total. The third-order valence-corrected chi connectivity index (χ3v) is 3.77. The molecule has 0 amide bonds. The first-order valence-electron chi connectivity index (χ1n) is 10.00. The summed E-state index contributed by atoms with van der Waals surface area (Å²) in [6, 6.07) is 5.07. The lowest BCUT2D eigenvalue weighted by molar-refractivity contribution is -0.137. The molecular formula is C22H34O5. The molecule has 0 heterocycles. The van der Waals surface area contributed by atoms with Crippen LogP contribution >= 0.6 is 0 Å². The molecule has 0 aliphatic heterocycles.